The Hall–Kier alpha value is -1.65. The predicted octanol–water partition coefficient (Wildman–Crippen LogP) is 3.85. The Kier molecular flexibility index (Phi) is 4.35. The highest BCUT2D eigenvalue weighted by Crippen LogP contribution is 2.38. The summed E-state index contributed by atoms with van der Waals surface area (Å²) in [5.41, 5.74) is 1.07. The number of benzene rings is 1. The van der Waals surface area contributed by atoms with Gasteiger partial charge in [-0.3, -0.25) is 4.98 Å². The summed E-state index contributed by atoms with van der Waals surface area (Å²) in [6.07, 6.45) is 3.26. The van der Waals surface area contributed by atoms with Gasteiger partial charge in [-0.15, -0.1) is 0 Å². The molecule has 0 aliphatic heterocycles. The van der Waals surface area contributed by atoms with Crippen LogP contribution in [-0.2, 0) is 0 Å². The second-order valence-corrected chi connectivity index (χ2v) is 4.63. The number of anilines is 1. The third kappa shape index (κ3) is 3.22. The Balaban J connectivity index is 2.04. The Morgan fingerprint density at radius 1 is 1.32 bits per heavy atom. The summed E-state index contributed by atoms with van der Waals surface area (Å²) in [4.78, 5) is 3.88. The molecule has 0 aliphatic rings. The molecule has 0 saturated heterocycles. The second-order valence-electron chi connectivity index (χ2n) is 3.84. The van der Waals surface area contributed by atoms with Crippen LogP contribution in [0.15, 0.2) is 30.6 Å². The first-order chi connectivity index (χ1) is 9.09. The quantitative estimate of drug-likeness (QED) is 0.665. The largest absolute Gasteiger partial charge is 0.504 e. The van der Waals surface area contributed by atoms with Gasteiger partial charge < -0.3 is 15.2 Å². The number of hydrogen-bond acceptors (Lipinski definition) is 4. The number of ether oxygens (including phenoxy) is 1. The molecule has 4 nitrogen and oxygen atoms in total. The molecule has 0 bridgehead atoms. The number of aromatic hydroxyl groups is 1. The van der Waals surface area contributed by atoms with Gasteiger partial charge in [-0.1, -0.05) is 23.2 Å². The van der Waals surface area contributed by atoms with Crippen LogP contribution in [0.2, 0.25) is 10.0 Å². The van der Waals surface area contributed by atoms with Crippen LogP contribution in [0.5, 0.6) is 11.5 Å². The number of pyridine rings is 1. The number of aromatic nitrogens is 1. The fourth-order valence-corrected chi connectivity index (χ4v) is 1.93. The summed E-state index contributed by atoms with van der Waals surface area (Å²) in [5.74, 6) is 0.633. The van der Waals surface area contributed by atoms with Gasteiger partial charge >= 0.3 is 0 Å². The van der Waals surface area contributed by atoms with Gasteiger partial charge in [0.2, 0.25) is 0 Å². The van der Waals surface area contributed by atoms with Crippen molar-refractivity contribution < 1.29 is 9.84 Å². The Morgan fingerprint density at radius 2 is 2.00 bits per heavy atom. The number of phenols is 1. The van der Waals surface area contributed by atoms with Crippen LogP contribution >= 0.6 is 23.2 Å². The summed E-state index contributed by atoms with van der Waals surface area (Å²) < 4.78 is 5.43. The van der Waals surface area contributed by atoms with Gasteiger partial charge in [0.15, 0.2) is 12.5 Å². The van der Waals surface area contributed by atoms with E-state index in [0.717, 1.165) is 0 Å². The van der Waals surface area contributed by atoms with Crippen molar-refractivity contribution in [1.29, 1.82) is 0 Å². The molecule has 0 spiro atoms. The van der Waals surface area contributed by atoms with E-state index < -0.39 is 0 Å². The fraction of sp³-hybridized carbons (Fsp3) is 0.154. The summed E-state index contributed by atoms with van der Waals surface area (Å²) in [6, 6.07) is 5.07. The van der Waals surface area contributed by atoms with Gasteiger partial charge in [-0.05, 0) is 30.7 Å². The number of rotatable bonds is 4. The third-order valence-electron chi connectivity index (χ3n) is 2.57. The number of nitrogens with zero attached hydrogens (tertiary/aromatic N) is 1. The van der Waals surface area contributed by atoms with E-state index in [0.29, 0.717) is 22.0 Å². The van der Waals surface area contributed by atoms with Crippen molar-refractivity contribution in [1.82, 2.24) is 4.98 Å². The van der Waals surface area contributed by atoms with Gasteiger partial charge in [0.1, 0.15) is 5.75 Å². The minimum atomic E-state index is -0.0399. The maximum absolute atomic E-state index is 9.88. The zero-order chi connectivity index (χ0) is 13.8. The molecule has 2 aromatic rings. The molecule has 0 amide bonds. The molecule has 1 heterocycles. The molecule has 1 aromatic carbocycles. The molecular weight excluding hydrogens is 287 g/mol. The van der Waals surface area contributed by atoms with E-state index in [1.54, 1.807) is 37.5 Å². The molecule has 0 atom stereocenters. The molecule has 0 saturated carbocycles. The first-order valence-corrected chi connectivity index (χ1v) is 6.29. The molecule has 2 rings (SSSR count). The highest BCUT2D eigenvalue weighted by atomic mass is 35.5. The van der Waals surface area contributed by atoms with Crippen molar-refractivity contribution in [2.75, 3.05) is 12.0 Å². The van der Waals surface area contributed by atoms with Crippen LogP contribution in [0.4, 0.5) is 5.69 Å². The summed E-state index contributed by atoms with van der Waals surface area (Å²) >= 11 is 12.0. The van der Waals surface area contributed by atoms with Crippen molar-refractivity contribution in [2.24, 2.45) is 0 Å². The van der Waals surface area contributed by atoms with Crippen LogP contribution in [-0.4, -0.2) is 16.8 Å². The molecular formula is C13H12Cl2N2O2. The van der Waals surface area contributed by atoms with E-state index >= 15 is 0 Å². The SMILES string of the molecule is Cc1c(Cl)cc(NCOc2ccncc2)c(O)c1Cl. The lowest BCUT2D eigenvalue weighted by Gasteiger charge is -2.13. The predicted molar refractivity (Wildman–Crippen MR) is 76.2 cm³/mol. The molecule has 0 fully saturated rings. The van der Waals surface area contributed by atoms with Gasteiger partial charge in [0.25, 0.3) is 0 Å². The minimum Gasteiger partial charge on any atom is -0.504 e. The second kappa shape index (κ2) is 5.99. The molecule has 0 unspecified atom stereocenters. The first-order valence-electron chi connectivity index (χ1n) is 5.54. The maximum Gasteiger partial charge on any atom is 0.159 e. The molecule has 2 N–H and O–H groups in total. The highest BCUT2D eigenvalue weighted by Gasteiger charge is 2.12. The molecule has 0 radical (unpaired) electrons. The smallest absolute Gasteiger partial charge is 0.159 e. The number of phenolic OH excluding ortho intramolecular Hbond substituents is 1. The lowest BCUT2D eigenvalue weighted by molar-refractivity contribution is 0.345. The van der Waals surface area contributed by atoms with E-state index in [-0.39, 0.29) is 17.5 Å². The van der Waals surface area contributed by atoms with E-state index in [1.165, 1.54) is 0 Å². The number of halogens is 2. The lowest BCUT2D eigenvalue weighted by Crippen LogP contribution is -2.09. The van der Waals surface area contributed by atoms with Crippen molar-refractivity contribution in [3.05, 3.63) is 46.2 Å². The molecule has 6 heteroatoms. The number of hydrogen-bond donors (Lipinski definition) is 2. The average molecular weight is 299 g/mol. The Morgan fingerprint density at radius 3 is 2.68 bits per heavy atom. The van der Waals surface area contributed by atoms with E-state index in [4.69, 9.17) is 27.9 Å². The van der Waals surface area contributed by atoms with Gasteiger partial charge in [-0.25, -0.2) is 0 Å². The van der Waals surface area contributed by atoms with Crippen LogP contribution in [0.1, 0.15) is 5.56 Å². The molecule has 0 aliphatic carbocycles. The first kappa shape index (κ1) is 13.8. The fourth-order valence-electron chi connectivity index (χ4n) is 1.47. The van der Waals surface area contributed by atoms with Crippen molar-refractivity contribution in [3.8, 4) is 11.5 Å². The summed E-state index contributed by atoms with van der Waals surface area (Å²) in [6.45, 7) is 1.91. The van der Waals surface area contributed by atoms with Crippen molar-refractivity contribution >= 4 is 28.9 Å². The zero-order valence-corrected chi connectivity index (χ0v) is 11.7. The van der Waals surface area contributed by atoms with E-state index in [9.17, 15) is 5.11 Å². The number of nitrogens with one attached hydrogen (secondary N) is 1. The topological polar surface area (TPSA) is 54.4 Å². The van der Waals surface area contributed by atoms with Crippen molar-refractivity contribution in [3.63, 3.8) is 0 Å². The Bertz CT molecular complexity index is 577. The molecule has 100 valence electrons. The molecule has 19 heavy (non-hydrogen) atoms. The third-order valence-corrected chi connectivity index (χ3v) is 3.43. The highest BCUT2D eigenvalue weighted by molar-refractivity contribution is 6.37. The molecule has 1 aromatic heterocycles. The van der Waals surface area contributed by atoms with Gasteiger partial charge in [-0.2, -0.15) is 0 Å². The lowest BCUT2D eigenvalue weighted by atomic mass is 10.2. The van der Waals surface area contributed by atoms with E-state index in [1.807, 2.05) is 0 Å². The zero-order valence-electron chi connectivity index (χ0n) is 10.2. The minimum absolute atomic E-state index is 0.0399. The van der Waals surface area contributed by atoms with Crippen LogP contribution in [0, 0.1) is 6.92 Å². The summed E-state index contributed by atoms with van der Waals surface area (Å²) in [5, 5.41) is 13.5. The van der Waals surface area contributed by atoms with Gasteiger partial charge in [0.05, 0.1) is 10.7 Å². The monoisotopic (exact) mass is 298 g/mol. The standard InChI is InChI=1S/C13H12Cl2N2O2/c1-8-10(14)6-11(13(18)12(8)15)17-7-19-9-2-4-16-5-3-9/h2-6,17-18H,7H2,1H3. The average Bonchev–Trinajstić information content (AvgIpc) is 2.43. The Labute approximate surface area is 121 Å². The van der Waals surface area contributed by atoms with Gasteiger partial charge in [0, 0.05) is 17.4 Å². The summed E-state index contributed by atoms with van der Waals surface area (Å²) in [7, 11) is 0. The van der Waals surface area contributed by atoms with Crippen molar-refractivity contribution in [2.45, 2.75) is 6.92 Å². The van der Waals surface area contributed by atoms with Crippen LogP contribution in [0.3, 0.4) is 0 Å². The van der Waals surface area contributed by atoms with Crippen LogP contribution in [0.25, 0.3) is 0 Å². The van der Waals surface area contributed by atoms with Crippen LogP contribution < -0.4 is 10.1 Å². The normalized spacial score (nSPS) is 10.3. The maximum atomic E-state index is 9.88. The van der Waals surface area contributed by atoms with E-state index in [2.05, 4.69) is 10.3 Å².